The molecule has 0 amide bonds. The van der Waals surface area contributed by atoms with Gasteiger partial charge in [0.05, 0.1) is 0 Å². The van der Waals surface area contributed by atoms with Gasteiger partial charge >= 0.3 is 0 Å². The molecule has 2 nitrogen and oxygen atoms in total. The lowest BCUT2D eigenvalue weighted by atomic mass is 10.5. The van der Waals surface area contributed by atoms with E-state index in [1.807, 2.05) is 6.07 Å². The summed E-state index contributed by atoms with van der Waals surface area (Å²) in [5.74, 6) is 0.594. The molecular weight excluding hydrogens is 288 g/mol. The second kappa shape index (κ2) is 4.67. The fourth-order valence-corrected chi connectivity index (χ4v) is 1.43. The van der Waals surface area contributed by atoms with E-state index in [1.165, 1.54) is 0 Å². The normalized spacial score (nSPS) is 9.50. The van der Waals surface area contributed by atoms with Gasteiger partial charge in [-0.2, -0.15) is 0 Å². The van der Waals surface area contributed by atoms with Gasteiger partial charge in [-0.25, -0.2) is 4.98 Å². The van der Waals surface area contributed by atoms with Crippen molar-refractivity contribution in [3.8, 4) is 5.75 Å². The van der Waals surface area contributed by atoms with Crippen LogP contribution in [0.3, 0.4) is 0 Å². The maximum absolute atomic E-state index is 5.79. The minimum absolute atomic E-state index is 0.392. The number of rotatable bonds is 3. The first-order chi connectivity index (χ1) is 5.74. The molecule has 0 aliphatic rings. The molecule has 0 unspecified atom stereocenters. The van der Waals surface area contributed by atoms with E-state index in [-0.39, 0.29) is 0 Å². The van der Waals surface area contributed by atoms with Gasteiger partial charge in [0.15, 0.2) is 10.9 Å². The molecule has 0 aliphatic carbocycles. The van der Waals surface area contributed by atoms with Crippen LogP contribution in [0.25, 0.3) is 0 Å². The van der Waals surface area contributed by atoms with Gasteiger partial charge in [-0.3, -0.25) is 0 Å². The number of ether oxygens (including phenoxy) is 1. The van der Waals surface area contributed by atoms with Crippen LogP contribution < -0.4 is 4.74 Å². The molecule has 0 fully saturated rings. The van der Waals surface area contributed by atoms with E-state index in [9.17, 15) is 0 Å². The minimum Gasteiger partial charge on any atom is -0.486 e. The van der Waals surface area contributed by atoms with E-state index in [0.717, 1.165) is 3.70 Å². The Kier molecular flexibility index (Phi) is 3.81. The van der Waals surface area contributed by atoms with Crippen molar-refractivity contribution in [1.82, 2.24) is 4.98 Å². The molecular formula is C8H7ClINO. The predicted molar refractivity (Wildman–Crippen MR) is 57.7 cm³/mol. The van der Waals surface area contributed by atoms with Crippen LogP contribution in [-0.2, 0) is 0 Å². The van der Waals surface area contributed by atoms with Crippen molar-refractivity contribution in [3.63, 3.8) is 0 Å². The zero-order valence-corrected chi connectivity index (χ0v) is 9.17. The van der Waals surface area contributed by atoms with Crippen molar-refractivity contribution in [2.75, 3.05) is 6.61 Å². The molecule has 0 radical (unpaired) electrons. The molecule has 1 aromatic heterocycles. The molecule has 0 saturated carbocycles. The van der Waals surface area contributed by atoms with Crippen LogP contribution in [-0.4, -0.2) is 11.6 Å². The summed E-state index contributed by atoms with van der Waals surface area (Å²) in [4.78, 5) is 4.02. The third kappa shape index (κ3) is 2.64. The highest BCUT2D eigenvalue weighted by Gasteiger charge is 2.01. The number of pyridine rings is 1. The summed E-state index contributed by atoms with van der Waals surface area (Å²) in [7, 11) is 0. The van der Waals surface area contributed by atoms with Gasteiger partial charge in [-0.15, -0.1) is 0 Å². The van der Waals surface area contributed by atoms with E-state index in [2.05, 4.69) is 34.2 Å². The first-order valence-electron chi connectivity index (χ1n) is 3.30. The number of halogens is 2. The molecule has 1 heterocycles. The molecule has 0 spiro atoms. The Balaban J connectivity index is 2.78. The minimum atomic E-state index is 0.392. The number of hydrogen-bond acceptors (Lipinski definition) is 2. The smallest absolute Gasteiger partial charge is 0.172 e. The van der Waals surface area contributed by atoms with Gasteiger partial charge in [0.2, 0.25) is 0 Å². The first-order valence-corrected chi connectivity index (χ1v) is 4.75. The molecule has 4 heteroatoms. The van der Waals surface area contributed by atoms with Gasteiger partial charge in [0.1, 0.15) is 10.3 Å². The fourth-order valence-electron chi connectivity index (χ4n) is 0.656. The van der Waals surface area contributed by atoms with Crippen LogP contribution in [0, 0.1) is 3.70 Å². The quantitative estimate of drug-likeness (QED) is 0.486. The third-order valence-electron chi connectivity index (χ3n) is 1.14. The molecule has 0 N–H and O–H groups in total. The first kappa shape index (κ1) is 9.80. The molecule has 0 aromatic carbocycles. The van der Waals surface area contributed by atoms with E-state index in [4.69, 9.17) is 16.3 Å². The summed E-state index contributed by atoms with van der Waals surface area (Å²) in [6, 6.07) is 3.63. The molecule has 0 atom stereocenters. The lowest BCUT2D eigenvalue weighted by Crippen LogP contribution is -1.95. The summed E-state index contributed by atoms with van der Waals surface area (Å²) < 4.78 is 6.08. The highest BCUT2D eigenvalue weighted by Crippen LogP contribution is 2.22. The largest absolute Gasteiger partial charge is 0.486 e. The second-order valence-electron chi connectivity index (χ2n) is 2.02. The lowest BCUT2D eigenvalue weighted by Gasteiger charge is -2.03. The zero-order chi connectivity index (χ0) is 8.97. The second-order valence-corrected chi connectivity index (χ2v) is 3.49. The van der Waals surface area contributed by atoms with E-state index in [1.54, 1.807) is 12.1 Å². The molecule has 0 aliphatic heterocycles. The third-order valence-corrected chi connectivity index (χ3v) is 2.01. The summed E-state index contributed by atoms with van der Waals surface area (Å²) in [5, 5.41) is 0.392. The van der Waals surface area contributed by atoms with Crippen LogP contribution in [0.5, 0.6) is 5.75 Å². The number of hydrogen-bond donors (Lipinski definition) is 0. The van der Waals surface area contributed by atoms with Crippen molar-refractivity contribution < 1.29 is 4.74 Å². The summed E-state index contributed by atoms with van der Waals surface area (Å²) >= 11 is 7.88. The van der Waals surface area contributed by atoms with Crippen LogP contribution in [0.15, 0.2) is 24.8 Å². The molecule has 1 rings (SSSR count). The highest BCUT2D eigenvalue weighted by atomic mass is 127. The SMILES string of the molecule is C=CCOc1ccc(I)nc1Cl. The molecule has 64 valence electrons. The van der Waals surface area contributed by atoms with Crippen LogP contribution in [0.4, 0.5) is 0 Å². The van der Waals surface area contributed by atoms with Crippen LogP contribution >= 0.6 is 34.2 Å². The average molecular weight is 296 g/mol. The van der Waals surface area contributed by atoms with Crippen molar-refractivity contribution in [2.24, 2.45) is 0 Å². The van der Waals surface area contributed by atoms with Gasteiger partial charge in [-0.05, 0) is 34.7 Å². The molecule has 1 aromatic rings. The zero-order valence-electron chi connectivity index (χ0n) is 6.26. The van der Waals surface area contributed by atoms with Gasteiger partial charge < -0.3 is 4.74 Å². The maximum atomic E-state index is 5.79. The number of aromatic nitrogens is 1. The standard InChI is InChI=1S/C8H7ClINO/c1-2-5-12-6-3-4-7(10)11-8(6)9/h2-4H,1,5H2. The Bertz CT molecular complexity index is 290. The van der Waals surface area contributed by atoms with E-state index < -0.39 is 0 Å². The van der Waals surface area contributed by atoms with Gasteiger partial charge in [-0.1, -0.05) is 24.3 Å². The Morgan fingerprint density at radius 2 is 2.42 bits per heavy atom. The summed E-state index contributed by atoms with van der Waals surface area (Å²) in [6.45, 7) is 3.98. The Labute approximate surface area is 89.7 Å². The fraction of sp³-hybridized carbons (Fsp3) is 0.125. The van der Waals surface area contributed by atoms with E-state index in [0.29, 0.717) is 17.5 Å². The Hall–Kier alpha value is -0.290. The maximum Gasteiger partial charge on any atom is 0.172 e. The molecule has 0 bridgehead atoms. The Morgan fingerprint density at radius 3 is 3.00 bits per heavy atom. The van der Waals surface area contributed by atoms with Gasteiger partial charge in [0, 0.05) is 0 Å². The monoisotopic (exact) mass is 295 g/mol. The average Bonchev–Trinajstić information content (AvgIpc) is 2.03. The van der Waals surface area contributed by atoms with Crippen LogP contribution in [0.2, 0.25) is 5.15 Å². The van der Waals surface area contributed by atoms with Crippen molar-refractivity contribution in [1.29, 1.82) is 0 Å². The van der Waals surface area contributed by atoms with Crippen LogP contribution in [0.1, 0.15) is 0 Å². The van der Waals surface area contributed by atoms with E-state index >= 15 is 0 Å². The lowest BCUT2D eigenvalue weighted by molar-refractivity contribution is 0.362. The summed E-state index contributed by atoms with van der Waals surface area (Å²) in [6.07, 6.45) is 1.66. The highest BCUT2D eigenvalue weighted by molar-refractivity contribution is 14.1. The molecule has 0 saturated heterocycles. The number of nitrogens with zero attached hydrogens (tertiary/aromatic N) is 1. The predicted octanol–water partition coefficient (Wildman–Crippen LogP) is 2.90. The van der Waals surface area contributed by atoms with Crippen molar-refractivity contribution in [2.45, 2.75) is 0 Å². The van der Waals surface area contributed by atoms with Crippen molar-refractivity contribution in [3.05, 3.63) is 33.6 Å². The Morgan fingerprint density at radius 1 is 1.67 bits per heavy atom. The van der Waals surface area contributed by atoms with Gasteiger partial charge in [0.25, 0.3) is 0 Å². The molecule has 12 heavy (non-hydrogen) atoms. The van der Waals surface area contributed by atoms with Crippen molar-refractivity contribution >= 4 is 34.2 Å². The topological polar surface area (TPSA) is 22.1 Å². The summed E-state index contributed by atoms with van der Waals surface area (Å²) in [5.41, 5.74) is 0.